The summed E-state index contributed by atoms with van der Waals surface area (Å²) in [6.45, 7) is 7.12. The molecule has 0 radical (unpaired) electrons. The lowest BCUT2D eigenvalue weighted by Gasteiger charge is -2.36. The van der Waals surface area contributed by atoms with E-state index in [-0.39, 0.29) is 23.7 Å². The number of rotatable bonds is 6. The van der Waals surface area contributed by atoms with E-state index in [1.165, 1.54) is 40.2 Å². The molecule has 1 saturated heterocycles. The highest BCUT2D eigenvalue weighted by atomic mass is 19.1. The summed E-state index contributed by atoms with van der Waals surface area (Å²) >= 11 is 0. The molecule has 2 fully saturated rings. The second-order valence-corrected chi connectivity index (χ2v) is 11.6. The van der Waals surface area contributed by atoms with Crippen molar-refractivity contribution in [3.05, 3.63) is 59.7 Å². The first-order chi connectivity index (χ1) is 19.4. The van der Waals surface area contributed by atoms with Crippen LogP contribution in [0, 0.1) is 18.7 Å². The number of alkyl halides is 1. The predicted octanol–water partition coefficient (Wildman–Crippen LogP) is 5.17. The molecule has 0 spiro atoms. The van der Waals surface area contributed by atoms with Gasteiger partial charge in [0, 0.05) is 29.9 Å². The Kier molecular flexibility index (Phi) is 7.67. The van der Waals surface area contributed by atoms with Gasteiger partial charge in [0.05, 0.1) is 41.9 Å². The summed E-state index contributed by atoms with van der Waals surface area (Å²) in [4.78, 5) is 30.0. The van der Waals surface area contributed by atoms with Gasteiger partial charge in [-0.1, -0.05) is 0 Å². The van der Waals surface area contributed by atoms with Crippen LogP contribution in [-0.4, -0.2) is 68.6 Å². The van der Waals surface area contributed by atoms with Crippen LogP contribution in [0.25, 0.3) is 16.8 Å². The molecule has 9 nitrogen and oxygen atoms in total. The molecule has 2 aromatic heterocycles. The highest BCUT2D eigenvalue weighted by Crippen LogP contribution is 2.29. The number of hydrogen-bond acceptors (Lipinski definition) is 6. The average molecular weight is 571 g/mol. The maximum absolute atomic E-state index is 15.0. The molecule has 1 aliphatic heterocycles. The Morgan fingerprint density at radius 2 is 1.85 bits per heavy atom. The molecule has 0 unspecified atom stereocenters. The lowest BCUT2D eigenvalue weighted by atomic mass is 10.0. The van der Waals surface area contributed by atoms with Crippen LogP contribution in [-0.2, 0) is 4.74 Å². The summed E-state index contributed by atoms with van der Waals surface area (Å²) in [5, 5.41) is 10.2. The Labute approximate surface area is 236 Å². The fraction of sp³-hybridized carbons (Fsp3) is 0.448. The lowest BCUT2D eigenvalue weighted by molar-refractivity contribution is 0.0125. The third kappa shape index (κ3) is 6.63. The van der Waals surface area contributed by atoms with Crippen molar-refractivity contribution in [2.75, 3.05) is 18.4 Å². The number of pyridine rings is 1. The van der Waals surface area contributed by atoms with Crippen LogP contribution in [0.3, 0.4) is 0 Å². The van der Waals surface area contributed by atoms with Gasteiger partial charge in [0.2, 0.25) is 5.95 Å². The minimum absolute atomic E-state index is 0.0736. The fourth-order valence-electron chi connectivity index (χ4n) is 4.67. The maximum Gasteiger partial charge on any atom is 0.410 e. The van der Waals surface area contributed by atoms with Crippen molar-refractivity contribution in [1.29, 1.82) is 0 Å². The van der Waals surface area contributed by atoms with Crippen LogP contribution in [0.4, 0.5) is 23.7 Å². The van der Waals surface area contributed by atoms with E-state index in [0.717, 1.165) is 12.8 Å². The summed E-state index contributed by atoms with van der Waals surface area (Å²) in [5.74, 6) is -1.86. The van der Waals surface area contributed by atoms with E-state index in [1.807, 2.05) is 0 Å². The number of aryl methyl sites for hydroxylation is 1. The largest absolute Gasteiger partial charge is 0.444 e. The summed E-state index contributed by atoms with van der Waals surface area (Å²) in [5.41, 5.74) is 1.18. The molecule has 2 N–H and O–H groups in total. The number of halogens is 3. The fourth-order valence-corrected chi connectivity index (χ4v) is 4.67. The highest BCUT2D eigenvalue weighted by Gasteiger charge is 2.34. The Morgan fingerprint density at radius 1 is 1.10 bits per heavy atom. The van der Waals surface area contributed by atoms with Crippen molar-refractivity contribution in [2.24, 2.45) is 0 Å². The van der Waals surface area contributed by atoms with E-state index in [0.29, 0.717) is 35.5 Å². The molecule has 218 valence electrons. The van der Waals surface area contributed by atoms with Crippen molar-refractivity contribution in [3.8, 4) is 16.8 Å². The van der Waals surface area contributed by atoms with E-state index in [4.69, 9.17) is 4.74 Å². The van der Waals surface area contributed by atoms with E-state index in [1.54, 1.807) is 33.9 Å². The van der Waals surface area contributed by atoms with Crippen LogP contribution in [0.5, 0.6) is 0 Å². The van der Waals surface area contributed by atoms with Gasteiger partial charge in [-0.15, -0.1) is 0 Å². The predicted molar refractivity (Wildman–Crippen MR) is 147 cm³/mol. The molecule has 0 bridgehead atoms. The first-order valence-electron chi connectivity index (χ1n) is 13.6. The highest BCUT2D eigenvalue weighted by molar-refractivity contribution is 5.95. The quantitative estimate of drug-likeness (QED) is 0.397. The first kappa shape index (κ1) is 28.4. The minimum atomic E-state index is -1.37. The third-order valence-corrected chi connectivity index (χ3v) is 6.97. The van der Waals surface area contributed by atoms with Crippen LogP contribution in [0.2, 0.25) is 0 Å². The van der Waals surface area contributed by atoms with Crippen molar-refractivity contribution >= 4 is 17.7 Å². The van der Waals surface area contributed by atoms with E-state index >= 15 is 4.39 Å². The second-order valence-electron chi connectivity index (χ2n) is 11.6. The molecule has 5 rings (SSSR count). The summed E-state index contributed by atoms with van der Waals surface area (Å²) in [7, 11) is 0. The number of benzene rings is 1. The number of aromatic nitrogens is 3. The van der Waals surface area contributed by atoms with Gasteiger partial charge in [-0.3, -0.25) is 4.79 Å². The zero-order chi connectivity index (χ0) is 29.5. The van der Waals surface area contributed by atoms with Crippen molar-refractivity contribution in [3.63, 3.8) is 0 Å². The number of hydrogen-bond donors (Lipinski definition) is 2. The van der Waals surface area contributed by atoms with E-state index < -0.39 is 41.6 Å². The number of piperidine rings is 1. The zero-order valence-corrected chi connectivity index (χ0v) is 23.4. The van der Waals surface area contributed by atoms with Crippen molar-refractivity contribution < 1.29 is 27.5 Å². The molecule has 3 aromatic rings. The molecule has 3 heterocycles. The topological polar surface area (TPSA) is 101 Å². The number of anilines is 1. The number of carbonyl (C=O) groups is 2. The van der Waals surface area contributed by atoms with Crippen molar-refractivity contribution in [1.82, 2.24) is 25.0 Å². The monoisotopic (exact) mass is 570 g/mol. The Balaban J connectivity index is 1.31. The van der Waals surface area contributed by atoms with Gasteiger partial charge in [-0.05, 0) is 70.7 Å². The standard InChI is InChI=1S/C29H33F3N6O3/c1-16-9-22(30)21(27(39)36-18-5-6-18)11-25(16)38-14-17(12-34-38)20-10-19(13-33-26(20)32)35-24-7-8-37(15-23(24)31)28(40)41-29(2,3)4/h9-14,18,23-24,35H,5-8,15H2,1-4H3,(H,36,39)/t23-,24+/m1/s1. The van der Waals surface area contributed by atoms with Crippen LogP contribution in [0.1, 0.15) is 56.0 Å². The van der Waals surface area contributed by atoms with Gasteiger partial charge >= 0.3 is 6.09 Å². The number of ether oxygens (including phenoxy) is 1. The van der Waals surface area contributed by atoms with Crippen LogP contribution in [0.15, 0.2) is 36.8 Å². The number of nitrogens with zero attached hydrogens (tertiary/aromatic N) is 4. The molecule has 1 aromatic carbocycles. The van der Waals surface area contributed by atoms with Crippen molar-refractivity contribution in [2.45, 2.75) is 70.8 Å². The smallest absolute Gasteiger partial charge is 0.410 e. The minimum Gasteiger partial charge on any atom is -0.444 e. The zero-order valence-electron chi connectivity index (χ0n) is 23.4. The number of amides is 2. The molecule has 41 heavy (non-hydrogen) atoms. The maximum atomic E-state index is 15.0. The van der Waals surface area contributed by atoms with Gasteiger partial charge in [0.1, 0.15) is 17.6 Å². The first-order valence-corrected chi connectivity index (χ1v) is 13.6. The number of likely N-dealkylation sites (tertiary alicyclic amines) is 1. The van der Waals surface area contributed by atoms with Gasteiger partial charge in [0.25, 0.3) is 5.91 Å². The Hall–Kier alpha value is -4.09. The Bertz CT molecular complexity index is 1470. The Morgan fingerprint density at radius 3 is 2.54 bits per heavy atom. The van der Waals surface area contributed by atoms with Gasteiger partial charge < -0.3 is 20.3 Å². The molecule has 1 aliphatic carbocycles. The van der Waals surface area contributed by atoms with Gasteiger partial charge in [-0.2, -0.15) is 9.49 Å². The van der Waals surface area contributed by atoms with Gasteiger partial charge in [-0.25, -0.2) is 23.2 Å². The van der Waals surface area contributed by atoms with E-state index in [9.17, 15) is 18.4 Å². The van der Waals surface area contributed by atoms with Gasteiger partial charge in [0.15, 0.2) is 0 Å². The molecular formula is C29H33F3N6O3. The molecule has 2 atom stereocenters. The number of nitrogens with one attached hydrogen (secondary N) is 2. The molecular weight excluding hydrogens is 537 g/mol. The molecule has 2 aliphatic rings. The molecule has 12 heteroatoms. The van der Waals surface area contributed by atoms with Crippen LogP contribution < -0.4 is 10.6 Å². The normalized spacial score (nSPS) is 19.1. The SMILES string of the molecule is Cc1cc(F)c(C(=O)NC2CC2)cc1-n1cc(-c2cc(N[C@H]3CCN(C(=O)OC(C)(C)C)C[C@H]3F)cnc2F)cn1. The summed E-state index contributed by atoms with van der Waals surface area (Å²) in [6, 6.07) is 3.68. The lowest BCUT2D eigenvalue weighted by Crippen LogP contribution is -2.51. The molecule has 1 saturated carbocycles. The number of carbonyl (C=O) groups excluding carboxylic acids is 2. The second kappa shape index (κ2) is 11.1. The molecule has 2 amide bonds. The summed E-state index contributed by atoms with van der Waals surface area (Å²) in [6.07, 6.45) is 4.42. The van der Waals surface area contributed by atoms with Crippen LogP contribution >= 0.6 is 0 Å². The average Bonchev–Trinajstić information content (AvgIpc) is 3.57. The van der Waals surface area contributed by atoms with E-state index in [2.05, 4.69) is 20.7 Å². The third-order valence-electron chi connectivity index (χ3n) is 6.97. The summed E-state index contributed by atoms with van der Waals surface area (Å²) < 4.78 is 51.2.